The van der Waals surface area contributed by atoms with Crippen LogP contribution in [0.15, 0.2) is 79.3 Å². The molecule has 4 N–H and O–H groups in total. The van der Waals surface area contributed by atoms with E-state index in [9.17, 15) is 14.4 Å². The highest BCUT2D eigenvalue weighted by Crippen LogP contribution is 2.31. The highest BCUT2D eigenvalue weighted by atomic mass is 16.5. The Morgan fingerprint density at radius 2 is 1.81 bits per heavy atom. The second-order valence-electron chi connectivity index (χ2n) is 10.3. The van der Waals surface area contributed by atoms with Gasteiger partial charge in [-0.2, -0.15) is 0 Å². The topological polar surface area (TPSA) is 152 Å². The van der Waals surface area contributed by atoms with E-state index in [1.807, 2.05) is 60.7 Å². The smallest absolute Gasteiger partial charge is 0.407 e. The highest BCUT2D eigenvalue weighted by molar-refractivity contribution is 6.07. The molecule has 0 aliphatic carbocycles. The lowest BCUT2D eigenvalue weighted by Crippen LogP contribution is -2.26. The Kier molecular flexibility index (Phi) is 9.20. The number of anilines is 3. The molecule has 2 aromatic heterocycles. The van der Waals surface area contributed by atoms with E-state index in [-0.39, 0.29) is 29.8 Å². The number of pyridine rings is 1. The first-order chi connectivity index (χ1) is 20.9. The van der Waals surface area contributed by atoms with Crippen LogP contribution in [0.2, 0.25) is 0 Å². The molecule has 1 aliphatic heterocycles. The Balaban J connectivity index is 1.19. The molecular weight excluding hydrogens is 546 g/mol. The number of nitrogen functional groups attached to an aromatic ring is 1. The van der Waals surface area contributed by atoms with E-state index >= 15 is 0 Å². The number of amides is 2. The number of ketones is 1. The van der Waals surface area contributed by atoms with Crippen LogP contribution in [0.1, 0.15) is 35.0 Å². The van der Waals surface area contributed by atoms with Gasteiger partial charge in [0.05, 0.1) is 29.5 Å². The number of ether oxygens (including phenoxy) is 1. The van der Waals surface area contributed by atoms with Gasteiger partial charge >= 0.3 is 6.09 Å². The fraction of sp³-hybridized carbons (Fsp3) is 0.250. The number of benzene rings is 2. The molecule has 1 unspecified atom stereocenters. The van der Waals surface area contributed by atoms with Gasteiger partial charge in [-0.15, -0.1) is 0 Å². The zero-order valence-electron chi connectivity index (χ0n) is 23.8. The number of nitrogens with one attached hydrogen (secondary N) is 2. The number of aromatic nitrogens is 3. The molecule has 11 nitrogen and oxygen atoms in total. The molecule has 1 aliphatic rings. The molecule has 0 radical (unpaired) electrons. The lowest BCUT2D eigenvalue weighted by Gasteiger charge is -2.21. The summed E-state index contributed by atoms with van der Waals surface area (Å²) in [6, 6.07) is 18.9. The Labute approximate surface area is 249 Å². The number of Topliss-reactive ketones (excluding diaryl/α,β-unsaturated/α-hetero) is 1. The minimum Gasteiger partial charge on any atom is -0.445 e. The molecular formula is C32H33N7O4. The Hall–Kier alpha value is -5.32. The van der Waals surface area contributed by atoms with Crippen molar-refractivity contribution >= 4 is 35.0 Å². The van der Waals surface area contributed by atoms with Gasteiger partial charge in [0, 0.05) is 37.3 Å². The van der Waals surface area contributed by atoms with E-state index in [1.54, 1.807) is 19.3 Å². The summed E-state index contributed by atoms with van der Waals surface area (Å²) in [6.07, 6.45) is 5.65. The van der Waals surface area contributed by atoms with E-state index < -0.39 is 12.0 Å². The Morgan fingerprint density at radius 3 is 2.56 bits per heavy atom. The number of hydrogen-bond acceptors (Lipinski definition) is 9. The van der Waals surface area contributed by atoms with Crippen molar-refractivity contribution in [2.75, 3.05) is 35.6 Å². The van der Waals surface area contributed by atoms with Crippen molar-refractivity contribution in [3.8, 4) is 11.3 Å². The van der Waals surface area contributed by atoms with Crippen molar-refractivity contribution in [1.29, 1.82) is 0 Å². The number of rotatable bonds is 10. The predicted molar refractivity (Wildman–Crippen MR) is 163 cm³/mol. The van der Waals surface area contributed by atoms with E-state index in [2.05, 4.69) is 30.5 Å². The largest absolute Gasteiger partial charge is 0.445 e. The van der Waals surface area contributed by atoms with Gasteiger partial charge < -0.3 is 26.0 Å². The van der Waals surface area contributed by atoms with Gasteiger partial charge in [-0.1, -0.05) is 54.6 Å². The van der Waals surface area contributed by atoms with Crippen LogP contribution < -0.4 is 21.3 Å². The third kappa shape index (κ3) is 7.50. The standard InChI is InChI=1S/C32H33N7O4/c1-21(40)25-13-16-39(19-25)28-12-14-34-17-27(28)38-31(41)29-30(33)36-18-26(37-29)24-9-7-22(8-10-24)11-15-35-32(42)43-20-23-5-3-2-4-6-23/h2-10,12,14,17-18,25H,11,13,15-16,19-20H2,1H3,(H2,33,36)(H,35,42)(H,38,41). The molecule has 1 atom stereocenters. The van der Waals surface area contributed by atoms with Crippen LogP contribution in [-0.2, 0) is 22.6 Å². The number of hydrogen-bond donors (Lipinski definition) is 3. The van der Waals surface area contributed by atoms with Crippen LogP contribution in [-0.4, -0.2) is 52.4 Å². The van der Waals surface area contributed by atoms with E-state index in [0.29, 0.717) is 37.4 Å². The number of alkyl carbamates (subject to hydrolysis) is 1. The average Bonchev–Trinajstić information content (AvgIpc) is 3.52. The number of nitrogens with zero attached hydrogens (tertiary/aromatic N) is 4. The van der Waals surface area contributed by atoms with Crippen molar-refractivity contribution in [3.05, 3.63) is 96.1 Å². The first-order valence-corrected chi connectivity index (χ1v) is 14.0. The first kappa shape index (κ1) is 29.2. The van der Waals surface area contributed by atoms with Crippen LogP contribution in [0.25, 0.3) is 11.3 Å². The third-order valence-electron chi connectivity index (χ3n) is 7.31. The molecule has 0 spiro atoms. The zero-order valence-corrected chi connectivity index (χ0v) is 23.8. The number of carbonyl (C=O) groups is 3. The molecule has 0 saturated carbocycles. The van der Waals surface area contributed by atoms with Crippen LogP contribution >= 0.6 is 0 Å². The second-order valence-corrected chi connectivity index (χ2v) is 10.3. The predicted octanol–water partition coefficient (Wildman–Crippen LogP) is 4.26. The maximum Gasteiger partial charge on any atom is 0.407 e. The van der Waals surface area contributed by atoms with Gasteiger partial charge in [-0.25, -0.2) is 14.8 Å². The molecule has 2 amide bonds. The normalized spacial score (nSPS) is 14.3. The number of nitrogens with two attached hydrogens (primary N) is 1. The lowest BCUT2D eigenvalue weighted by atomic mass is 10.1. The second kappa shape index (κ2) is 13.6. The van der Waals surface area contributed by atoms with E-state index in [1.165, 1.54) is 6.20 Å². The van der Waals surface area contributed by atoms with Gasteiger partial charge in [0.15, 0.2) is 11.5 Å². The molecule has 220 valence electrons. The summed E-state index contributed by atoms with van der Waals surface area (Å²) >= 11 is 0. The SMILES string of the molecule is CC(=O)C1CCN(c2ccncc2NC(=O)c2nc(-c3ccc(CCNC(=O)OCc4ccccc4)cc3)cnc2N)C1. The maximum absolute atomic E-state index is 13.3. The van der Waals surface area contributed by atoms with Gasteiger partial charge in [-0.05, 0) is 37.0 Å². The fourth-order valence-electron chi connectivity index (χ4n) is 4.88. The number of carbonyl (C=O) groups excluding carboxylic acids is 3. The summed E-state index contributed by atoms with van der Waals surface area (Å²) in [5, 5.41) is 5.63. The molecule has 11 heteroatoms. The first-order valence-electron chi connectivity index (χ1n) is 14.0. The molecule has 0 bridgehead atoms. The average molecular weight is 580 g/mol. The molecule has 1 saturated heterocycles. The summed E-state index contributed by atoms with van der Waals surface area (Å²) in [5.41, 5.74) is 10.5. The van der Waals surface area contributed by atoms with Crippen molar-refractivity contribution in [2.24, 2.45) is 5.92 Å². The van der Waals surface area contributed by atoms with Crippen LogP contribution in [0.3, 0.4) is 0 Å². The summed E-state index contributed by atoms with van der Waals surface area (Å²) in [6.45, 7) is 3.54. The summed E-state index contributed by atoms with van der Waals surface area (Å²) in [4.78, 5) is 52.1. The van der Waals surface area contributed by atoms with Gasteiger partial charge in [0.25, 0.3) is 5.91 Å². The van der Waals surface area contributed by atoms with Crippen LogP contribution in [0, 0.1) is 5.92 Å². The third-order valence-corrected chi connectivity index (χ3v) is 7.31. The fourth-order valence-corrected chi connectivity index (χ4v) is 4.88. The molecule has 4 aromatic rings. The van der Waals surface area contributed by atoms with Crippen molar-refractivity contribution in [3.63, 3.8) is 0 Å². The van der Waals surface area contributed by atoms with Gasteiger partial charge in [-0.3, -0.25) is 14.6 Å². The molecule has 1 fully saturated rings. The van der Waals surface area contributed by atoms with E-state index in [0.717, 1.165) is 28.8 Å². The monoisotopic (exact) mass is 579 g/mol. The van der Waals surface area contributed by atoms with Gasteiger partial charge in [0.1, 0.15) is 12.4 Å². The highest BCUT2D eigenvalue weighted by Gasteiger charge is 2.28. The summed E-state index contributed by atoms with van der Waals surface area (Å²) in [7, 11) is 0. The van der Waals surface area contributed by atoms with Crippen LogP contribution in [0.4, 0.5) is 22.0 Å². The van der Waals surface area contributed by atoms with Gasteiger partial charge in [0.2, 0.25) is 0 Å². The zero-order chi connectivity index (χ0) is 30.2. The summed E-state index contributed by atoms with van der Waals surface area (Å²) < 4.78 is 5.24. The minimum atomic E-state index is -0.509. The lowest BCUT2D eigenvalue weighted by molar-refractivity contribution is -0.120. The van der Waals surface area contributed by atoms with Crippen molar-refractivity contribution < 1.29 is 19.1 Å². The maximum atomic E-state index is 13.3. The van der Waals surface area contributed by atoms with E-state index in [4.69, 9.17) is 10.5 Å². The van der Waals surface area contributed by atoms with Crippen molar-refractivity contribution in [1.82, 2.24) is 20.3 Å². The Bertz CT molecular complexity index is 1600. The quantitative estimate of drug-likeness (QED) is 0.250. The molecule has 2 aromatic carbocycles. The summed E-state index contributed by atoms with van der Waals surface area (Å²) in [5.74, 6) is -0.374. The molecule has 3 heterocycles. The molecule has 43 heavy (non-hydrogen) atoms. The van der Waals surface area contributed by atoms with Crippen molar-refractivity contribution in [2.45, 2.75) is 26.4 Å². The Morgan fingerprint density at radius 1 is 1.02 bits per heavy atom. The minimum absolute atomic E-state index is 0.00220. The molecule has 5 rings (SSSR count). The van der Waals surface area contributed by atoms with Crippen LogP contribution in [0.5, 0.6) is 0 Å².